The van der Waals surface area contributed by atoms with E-state index in [1.54, 1.807) is 0 Å². The normalized spacial score (nSPS) is 44.0. The fourth-order valence-corrected chi connectivity index (χ4v) is 0.874. The summed E-state index contributed by atoms with van der Waals surface area (Å²) >= 11 is 0. The van der Waals surface area contributed by atoms with E-state index in [2.05, 4.69) is 0 Å². The third-order valence-electron chi connectivity index (χ3n) is 1.70. The summed E-state index contributed by atoms with van der Waals surface area (Å²) in [6.07, 6.45) is 0. The number of likely N-dealkylation sites (N-methyl/N-ethyl adjacent to an activating group) is 1. The Hall–Kier alpha value is -0.570. The molecule has 0 aromatic heterocycles. The number of carboxylic acid groups (broad SMARTS) is 1. The minimum atomic E-state index is -0.708. The van der Waals surface area contributed by atoms with Crippen molar-refractivity contribution in [3.05, 3.63) is 0 Å². The molecule has 1 aliphatic rings. The van der Waals surface area contributed by atoms with E-state index in [4.69, 9.17) is 5.11 Å². The molecule has 0 aromatic rings. The van der Waals surface area contributed by atoms with Gasteiger partial charge in [-0.05, 0) is 14.0 Å². The highest BCUT2D eigenvalue weighted by atomic mass is 16.4. The lowest BCUT2D eigenvalue weighted by Crippen LogP contribution is -2.08. The first kappa shape index (κ1) is 5.56. The molecule has 1 fully saturated rings. The third-order valence-corrected chi connectivity index (χ3v) is 1.70. The van der Waals surface area contributed by atoms with Gasteiger partial charge in [0.1, 0.15) is 6.04 Å². The van der Waals surface area contributed by atoms with Gasteiger partial charge in [-0.3, -0.25) is 9.69 Å². The quantitative estimate of drug-likeness (QED) is 0.480. The topological polar surface area (TPSA) is 40.3 Å². The number of carbonyl (C=O) groups is 1. The van der Waals surface area contributed by atoms with Crippen molar-refractivity contribution in [3.8, 4) is 0 Å². The van der Waals surface area contributed by atoms with E-state index in [0.29, 0.717) is 0 Å². The maximum absolute atomic E-state index is 10.1. The molecular formula is C5H9NO2. The van der Waals surface area contributed by atoms with Crippen molar-refractivity contribution in [3.63, 3.8) is 0 Å². The van der Waals surface area contributed by atoms with Gasteiger partial charge in [0.05, 0.1) is 0 Å². The number of hydrogen-bond acceptors (Lipinski definition) is 2. The van der Waals surface area contributed by atoms with E-state index in [0.717, 1.165) is 0 Å². The highest BCUT2D eigenvalue weighted by Gasteiger charge is 2.46. The molecule has 1 heterocycles. The van der Waals surface area contributed by atoms with Gasteiger partial charge in [0.15, 0.2) is 0 Å². The Kier molecular flexibility index (Phi) is 1.01. The molecule has 0 aliphatic carbocycles. The van der Waals surface area contributed by atoms with Gasteiger partial charge in [0.2, 0.25) is 0 Å². The van der Waals surface area contributed by atoms with E-state index >= 15 is 0 Å². The van der Waals surface area contributed by atoms with Gasteiger partial charge in [-0.1, -0.05) is 0 Å². The van der Waals surface area contributed by atoms with Gasteiger partial charge in [-0.25, -0.2) is 0 Å². The molecule has 46 valence electrons. The molecule has 3 atom stereocenters. The first-order chi connectivity index (χ1) is 3.64. The Morgan fingerprint density at radius 1 is 1.75 bits per heavy atom. The molecule has 1 saturated heterocycles. The maximum atomic E-state index is 10.1. The lowest BCUT2D eigenvalue weighted by molar-refractivity contribution is -0.137. The maximum Gasteiger partial charge on any atom is 0.322 e. The van der Waals surface area contributed by atoms with E-state index < -0.39 is 5.97 Å². The summed E-state index contributed by atoms with van der Waals surface area (Å²) in [7, 11) is 1.81. The molecule has 3 nitrogen and oxygen atoms in total. The first-order valence-corrected chi connectivity index (χ1v) is 2.59. The fourth-order valence-electron chi connectivity index (χ4n) is 0.874. The van der Waals surface area contributed by atoms with Crippen LogP contribution in [0.25, 0.3) is 0 Å². The van der Waals surface area contributed by atoms with Gasteiger partial charge in [0.25, 0.3) is 0 Å². The SMILES string of the molecule is CC1C(C(=O)O)N1C. The smallest absolute Gasteiger partial charge is 0.322 e. The number of rotatable bonds is 1. The molecule has 3 unspecified atom stereocenters. The molecule has 0 aromatic carbocycles. The fraction of sp³-hybridized carbons (Fsp3) is 0.800. The second kappa shape index (κ2) is 1.45. The molecule has 1 aliphatic heterocycles. The van der Waals surface area contributed by atoms with E-state index in [1.165, 1.54) is 0 Å². The van der Waals surface area contributed by atoms with Crippen LogP contribution in [-0.2, 0) is 4.79 Å². The standard InChI is InChI=1S/C5H9NO2/c1-3-4(5(7)8)6(3)2/h3-4H,1-2H3,(H,7,8). The van der Waals surface area contributed by atoms with Crippen LogP contribution in [0.3, 0.4) is 0 Å². The van der Waals surface area contributed by atoms with Crippen LogP contribution >= 0.6 is 0 Å². The average Bonchev–Trinajstić information content (AvgIpc) is 2.15. The summed E-state index contributed by atoms with van der Waals surface area (Å²) in [4.78, 5) is 11.9. The second-order valence-electron chi connectivity index (χ2n) is 2.19. The molecule has 0 spiro atoms. The van der Waals surface area contributed by atoms with Crippen LogP contribution < -0.4 is 0 Å². The predicted octanol–water partition coefficient (Wildman–Crippen LogP) is -0.227. The van der Waals surface area contributed by atoms with Crippen LogP contribution in [0.4, 0.5) is 0 Å². The zero-order chi connectivity index (χ0) is 6.31. The van der Waals surface area contributed by atoms with Crippen LogP contribution in [0.1, 0.15) is 6.92 Å². The van der Waals surface area contributed by atoms with Crippen LogP contribution in [0.15, 0.2) is 0 Å². The van der Waals surface area contributed by atoms with Gasteiger partial charge in [0, 0.05) is 6.04 Å². The Bertz CT molecular complexity index is 116. The molecule has 1 rings (SSSR count). The number of carboxylic acids is 1. The molecule has 0 bridgehead atoms. The lowest BCUT2D eigenvalue weighted by atomic mass is 10.4. The molecule has 1 N–H and O–H groups in total. The van der Waals surface area contributed by atoms with Gasteiger partial charge >= 0.3 is 5.97 Å². The van der Waals surface area contributed by atoms with Gasteiger partial charge in [-0.2, -0.15) is 0 Å². The summed E-state index contributed by atoms with van der Waals surface area (Å²) < 4.78 is 0. The van der Waals surface area contributed by atoms with Crippen LogP contribution in [-0.4, -0.2) is 35.1 Å². The van der Waals surface area contributed by atoms with E-state index in [1.807, 2.05) is 18.9 Å². The molecule has 0 saturated carbocycles. The summed E-state index contributed by atoms with van der Waals surface area (Å²) in [6.45, 7) is 1.90. The van der Waals surface area contributed by atoms with Crippen molar-refractivity contribution in [2.24, 2.45) is 0 Å². The monoisotopic (exact) mass is 115 g/mol. The Morgan fingerprint density at radius 2 is 2.12 bits per heavy atom. The number of hydrogen-bond donors (Lipinski definition) is 1. The van der Waals surface area contributed by atoms with Crippen molar-refractivity contribution in [1.82, 2.24) is 4.90 Å². The van der Waals surface area contributed by atoms with Crippen LogP contribution in [0.5, 0.6) is 0 Å². The minimum Gasteiger partial charge on any atom is -0.480 e. The Morgan fingerprint density at radius 3 is 2.12 bits per heavy atom. The highest BCUT2D eigenvalue weighted by Crippen LogP contribution is 2.23. The van der Waals surface area contributed by atoms with E-state index in [-0.39, 0.29) is 12.1 Å². The highest BCUT2D eigenvalue weighted by molar-refractivity contribution is 5.77. The first-order valence-electron chi connectivity index (χ1n) is 2.59. The van der Waals surface area contributed by atoms with Crippen molar-refractivity contribution < 1.29 is 9.90 Å². The molecule has 3 heteroatoms. The van der Waals surface area contributed by atoms with Gasteiger partial charge in [-0.15, -0.1) is 0 Å². The summed E-state index contributed by atoms with van der Waals surface area (Å²) in [5.74, 6) is -0.708. The average molecular weight is 115 g/mol. The van der Waals surface area contributed by atoms with Crippen molar-refractivity contribution >= 4 is 5.97 Å². The zero-order valence-corrected chi connectivity index (χ0v) is 4.96. The molecule has 0 amide bonds. The largest absolute Gasteiger partial charge is 0.480 e. The van der Waals surface area contributed by atoms with Crippen LogP contribution in [0, 0.1) is 0 Å². The second-order valence-corrected chi connectivity index (χ2v) is 2.19. The summed E-state index contributed by atoms with van der Waals surface area (Å²) in [5.41, 5.74) is 0. The van der Waals surface area contributed by atoms with Crippen LogP contribution in [0.2, 0.25) is 0 Å². The molecule has 0 radical (unpaired) electrons. The Labute approximate surface area is 47.9 Å². The van der Waals surface area contributed by atoms with Crippen molar-refractivity contribution in [1.29, 1.82) is 0 Å². The third kappa shape index (κ3) is 0.591. The summed E-state index contributed by atoms with van der Waals surface area (Å²) in [6, 6.07) is 0.0301. The number of aliphatic carboxylic acids is 1. The minimum absolute atomic E-state index is 0.213. The Balaban J connectivity index is 2.44. The zero-order valence-electron chi connectivity index (χ0n) is 4.96. The summed E-state index contributed by atoms with van der Waals surface area (Å²) in [5, 5.41) is 8.35. The molecular weight excluding hydrogens is 106 g/mol. The van der Waals surface area contributed by atoms with Gasteiger partial charge < -0.3 is 5.11 Å². The lowest BCUT2D eigenvalue weighted by Gasteiger charge is -1.82. The van der Waals surface area contributed by atoms with Crippen molar-refractivity contribution in [2.45, 2.75) is 19.0 Å². The van der Waals surface area contributed by atoms with E-state index in [9.17, 15) is 4.79 Å². The number of nitrogens with zero attached hydrogens (tertiary/aromatic N) is 1. The molecule has 8 heavy (non-hydrogen) atoms. The predicted molar refractivity (Wildman–Crippen MR) is 28.6 cm³/mol. The van der Waals surface area contributed by atoms with Crippen molar-refractivity contribution in [2.75, 3.05) is 7.05 Å².